The minimum absolute atomic E-state index is 0.0195. The molecular weight excluding hydrogens is 284 g/mol. The Labute approximate surface area is 143 Å². The predicted octanol–water partition coefficient (Wildman–Crippen LogP) is 5.57. The SMILES string of the molecule is C=CC(C)C1C[C@H]2[C@@](C)(CCC3C(C)(C)CCC[C@@]32C)OCO1. The van der Waals surface area contributed by atoms with E-state index >= 15 is 0 Å². The number of hydrogen-bond donors (Lipinski definition) is 0. The first kappa shape index (κ1) is 17.5. The van der Waals surface area contributed by atoms with E-state index in [1.54, 1.807) is 0 Å². The lowest BCUT2D eigenvalue weighted by atomic mass is 9.45. The van der Waals surface area contributed by atoms with E-state index in [9.17, 15) is 0 Å². The van der Waals surface area contributed by atoms with Gasteiger partial charge in [0.15, 0.2) is 0 Å². The first-order valence-corrected chi connectivity index (χ1v) is 9.61. The van der Waals surface area contributed by atoms with Crippen LogP contribution in [0.2, 0.25) is 0 Å². The van der Waals surface area contributed by atoms with Crippen molar-refractivity contribution in [1.82, 2.24) is 0 Å². The summed E-state index contributed by atoms with van der Waals surface area (Å²) in [5, 5.41) is 0. The Morgan fingerprint density at radius 2 is 1.83 bits per heavy atom. The highest BCUT2D eigenvalue weighted by Crippen LogP contribution is 2.64. The Morgan fingerprint density at radius 3 is 2.52 bits per heavy atom. The smallest absolute Gasteiger partial charge is 0.147 e. The van der Waals surface area contributed by atoms with Crippen molar-refractivity contribution in [3.63, 3.8) is 0 Å². The molecule has 2 heteroatoms. The van der Waals surface area contributed by atoms with Gasteiger partial charge < -0.3 is 9.47 Å². The molecular formula is C21H36O2. The summed E-state index contributed by atoms with van der Waals surface area (Å²) < 4.78 is 12.4. The van der Waals surface area contributed by atoms with Crippen LogP contribution in [0.15, 0.2) is 12.7 Å². The highest BCUT2D eigenvalue weighted by atomic mass is 16.7. The van der Waals surface area contributed by atoms with Crippen molar-refractivity contribution in [2.45, 2.75) is 84.8 Å². The Bertz CT molecular complexity index is 457. The molecule has 3 unspecified atom stereocenters. The Kier molecular flexibility index (Phi) is 4.47. The molecule has 0 aromatic carbocycles. The van der Waals surface area contributed by atoms with Gasteiger partial charge in [-0.05, 0) is 61.7 Å². The Morgan fingerprint density at radius 1 is 1.09 bits per heavy atom. The quantitative estimate of drug-likeness (QED) is 0.619. The highest BCUT2D eigenvalue weighted by Gasteiger charge is 2.59. The molecule has 0 radical (unpaired) electrons. The van der Waals surface area contributed by atoms with Gasteiger partial charge in [0.05, 0.1) is 11.7 Å². The van der Waals surface area contributed by atoms with Crippen molar-refractivity contribution in [2.24, 2.45) is 28.6 Å². The van der Waals surface area contributed by atoms with Gasteiger partial charge in [-0.2, -0.15) is 0 Å². The maximum absolute atomic E-state index is 6.35. The first-order valence-electron chi connectivity index (χ1n) is 9.61. The topological polar surface area (TPSA) is 18.5 Å². The molecule has 2 nitrogen and oxygen atoms in total. The molecule has 0 aromatic rings. The van der Waals surface area contributed by atoms with Gasteiger partial charge in [-0.1, -0.05) is 40.2 Å². The van der Waals surface area contributed by atoms with Crippen LogP contribution in [-0.4, -0.2) is 18.5 Å². The summed E-state index contributed by atoms with van der Waals surface area (Å²) >= 11 is 0. The van der Waals surface area contributed by atoms with Crippen molar-refractivity contribution < 1.29 is 9.47 Å². The molecule has 3 rings (SSSR count). The molecule has 0 bridgehead atoms. The molecule has 1 heterocycles. The summed E-state index contributed by atoms with van der Waals surface area (Å²) in [5.41, 5.74) is 0.816. The van der Waals surface area contributed by atoms with E-state index in [4.69, 9.17) is 9.47 Å². The number of ether oxygens (including phenoxy) is 2. The van der Waals surface area contributed by atoms with E-state index in [2.05, 4.69) is 41.2 Å². The number of rotatable bonds is 2. The van der Waals surface area contributed by atoms with Gasteiger partial charge in [0.2, 0.25) is 0 Å². The zero-order valence-corrected chi connectivity index (χ0v) is 15.9. The van der Waals surface area contributed by atoms with E-state index in [0.29, 0.717) is 29.5 Å². The van der Waals surface area contributed by atoms with Gasteiger partial charge >= 0.3 is 0 Å². The van der Waals surface area contributed by atoms with Gasteiger partial charge in [-0.25, -0.2) is 0 Å². The Hall–Kier alpha value is -0.340. The fourth-order valence-corrected chi connectivity index (χ4v) is 6.37. The summed E-state index contributed by atoms with van der Waals surface area (Å²) in [6, 6.07) is 0. The van der Waals surface area contributed by atoms with E-state index < -0.39 is 0 Å². The van der Waals surface area contributed by atoms with Gasteiger partial charge in [-0.3, -0.25) is 0 Å². The first-order chi connectivity index (χ1) is 10.7. The molecule has 2 saturated carbocycles. The molecule has 0 aromatic heterocycles. The summed E-state index contributed by atoms with van der Waals surface area (Å²) in [7, 11) is 0. The lowest BCUT2D eigenvalue weighted by Gasteiger charge is -2.62. The molecule has 0 N–H and O–H groups in total. The van der Waals surface area contributed by atoms with E-state index in [0.717, 1.165) is 12.3 Å². The third kappa shape index (κ3) is 2.80. The lowest BCUT2D eigenvalue weighted by Crippen LogP contribution is -2.58. The van der Waals surface area contributed by atoms with Crippen LogP contribution in [0.4, 0.5) is 0 Å². The van der Waals surface area contributed by atoms with Gasteiger partial charge in [0.1, 0.15) is 6.79 Å². The number of fused-ring (bicyclic) bond motifs is 3. The largest absolute Gasteiger partial charge is 0.352 e. The standard InChI is InChI=1S/C21H36O2/c1-7-15(2)16-13-18-20(5)11-8-10-19(3,4)17(20)9-12-21(18,6)23-14-22-16/h7,15-18H,1,8-14H2,2-6H3/t15?,16?,17?,18-,20+,21-/m1/s1. The van der Waals surface area contributed by atoms with Crippen molar-refractivity contribution in [3.8, 4) is 0 Å². The maximum Gasteiger partial charge on any atom is 0.147 e. The second-order valence-electron chi connectivity index (χ2n) is 9.60. The number of hydrogen-bond acceptors (Lipinski definition) is 2. The van der Waals surface area contributed by atoms with Gasteiger partial charge in [-0.15, -0.1) is 6.58 Å². The molecule has 132 valence electrons. The molecule has 3 fully saturated rings. The Balaban J connectivity index is 1.95. The zero-order valence-electron chi connectivity index (χ0n) is 15.9. The monoisotopic (exact) mass is 320 g/mol. The predicted molar refractivity (Wildman–Crippen MR) is 95.2 cm³/mol. The van der Waals surface area contributed by atoms with Crippen LogP contribution in [0.25, 0.3) is 0 Å². The van der Waals surface area contributed by atoms with Crippen LogP contribution in [0.3, 0.4) is 0 Å². The molecule has 2 aliphatic carbocycles. The van der Waals surface area contributed by atoms with E-state index in [1.807, 2.05) is 6.08 Å². The normalized spacial score (nSPS) is 47.8. The fraction of sp³-hybridized carbons (Fsp3) is 0.905. The summed E-state index contributed by atoms with van der Waals surface area (Å²) in [4.78, 5) is 0. The van der Waals surface area contributed by atoms with Crippen molar-refractivity contribution in [1.29, 1.82) is 0 Å². The van der Waals surface area contributed by atoms with Crippen molar-refractivity contribution in [2.75, 3.05) is 6.79 Å². The average molecular weight is 321 g/mol. The summed E-state index contributed by atoms with van der Waals surface area (Å²) in [6.07, 6.45) is 9.97. The van der Waals surface area contributed by atoms with Crippen LogP contribution in [0, 0.1) is 28.6 Å². The van der Waals surface area contributed by atoms with Crippen LogP contribution in [0.5, 0.6) is 0 Å². The highest BCUT2D eigenvalue weighted by molar-refractivity contribution is 5.09. The zero-order chi connectivity index (χ0) is 16.9. The van der Waals surface area contributed by atoms with Crippen molar-refractivity contribution in [3.05, 3.63) is 12.7 Å². The molecule has 1 saturated heterocycles. The van der Waals surface area contributed by atoms with E-state index in [-0.39, 0.29) is 11.7 Å². The van der Waals surface area contributed by atoms with Crippen LogP contribution >= 0.6 is 0 Å². The minimum Gasteiger partial charge on any atom is -0.352 e. The van der Waals surface area contributed by atoms with Gasteiger partial charge in [0, 0.05) is 5.92 Å². The fourth-order valence-electron chi connectivity index (χ4n) is 6.37. The summed E-state index contributed by atoms with van der Waals surface area (Å²) in [5.74, 6) is 1.79. The van der Waals surface area contributed by atoms with Gasteiger partial charge in [0.25, 0.3) is 0 Å². The van der Waals surface area contributed by atoms with E-state index in [1.165, 1.54) is 32.1 Å². The third-order valence-corrected chi connectivity index (χ3v) is 7.84. The van der Waals surface area contributed by atoms with Crippen LogP contribution in [-0.2, 0) is 9.47 Å². The second kappa shape index (κ2) is 5.88. The molecule has 23 heavy (non-hydrogen) atoms. The van der Waals surface area contributed by atoms with Crippen molar-refractivity contribution >= 4 is 0 Å². The minimum atomic E-state index is -0.0195. The summed E-state index contributed by atoms with van der Waals surface area (Å²) in [6.45, 7) is 16.6. The second-order valence-corrected chi connectivity index (χ2v) is 9.60. The molecule has 0 spiro atoms. The van der Waals surface area contributed by atoms with Crippen LogP contribution in [0.1, 0.15) is 73.1 Å². The third-order valence-electron chi connectivity index (χ3n) is 7.84. The molecule has 6 atom stereocenters. The molecule has 3 aliphatic rings. The van der Waals surface area contributed by atoms with Crippen LogP contribution < -0.4 is 0 Å². The molecule has 1 aliphatic heterocycles. The maximum atomic E-state index is 6.35. The molecule has 0 amide bonds. The average Bonchev–Trinajstić information content (AvgIpc) is 2.65. The lowest BCUT2D eigenvalue weighted by molar-refractivity contribution is -0.202.